The minimum Gasteiger partial charge on any atom is -0.311 e. The van der Waals surface area contributed by atoms with Crippen molar-refractivity contribution in [1.82, 2.24) is 15.1 Å². The second-order valence-corrected chi connectivity index (χ2v) is 6.42. The zero-order valence-electron chi connectivity index (χ0n) is 11.3. The third-order valence-corrected chi connectivity index (χ3v) is 5.18. The Bertz CT molecular complexity index is 382. The van der Waals surface area contributed by atoms with Gasteiger partial charge in [-0.2, -0.15) is 0 Å². The largest absolute Gasteiger partial charge is 0.311 e. The first-order valence-corrected chi connectivity index (χ1v) is 7.68. The van der Waals surface area contributed by atoms with Gasteiger partial charge in [-0.1, -0.05) is 11.6 Å². The van der Waals surface area contributed by atoms with Crippen LogP contribution < -0.4 is 5.32 Å². The number of rotatable bonds is 3. The highest BCUT2D eigenvalue weighted by Gasteiger charge is 2.30. The molecule has 0 aromatic carbocycles. The summed E-state index contributed by atoms with van der Waals surface area (Å²) in [6.45, 7) is 3.40. The Morgan fingerprint density at radius 2 is 2.22 bits per heavy atom. The molecule has 0 bridgehead atoms. The first-order valence-electron chi connectivity index (χ1n) is 6.42. The summed E-state index contributed by atoms with van der Waals surface area (Å²) in [5.41, 5.74) is 0. The van der Waals surface area contributed by atoms with E-state index in [1.54, 1.807) is 11.3 Å². The van der Waals surface area contributed by atoms with Crippen LogP contribution >= 0.6 is 22.9 Å². The molecule has 1 fully saturated rings. The summed E-state index contributed by atoms with van der Waals surface area (Å²) in [4.78, 5) is 6.13. The molecule has 0 radical (unpaired) electrons. The van der Waals surface area contributed by atoms with Gasteiger partial charge >= 0.3 is 0 Å². The van der Waals surface area contributed by atoms with E-state index in [0.717, 1.165) is 18.1 Å². The average molecular weight is 288 g/mol. The van der Waals surface area contributed by atoms with Gasteiger partial charge in [0.15, 0.2) is 0 Å². The summed E-state index contributed by atoms with van der Waals surface area (Å²) in [5.74, 6) is 0. The Labute approximate surface area is 119 Å². The molecule has 3 nitrogen and oxygen atoms in total. The number of hydrogen-bond donors (Lipinski definition) is 1. The molecule has 2 atom stereocenters. The molecule has 0 spiro atoms. The highest BCUT2D eigenvalue weighted by atomic mass is 35.5. The minimum absolute atomic E-state index is 0.308. The molecular weight excluding hydrogens is 266 g/mol. The van der Waals surface area contributed by atoms with Crippen LogP contribution in [-0.4, -0.2) is 56.6 Å². The summed E-state index contributed by atoms with van der Waals surface area (Å²) in [5, 5.41) is 6.41. The maximum Gasteiger partial charge on any atom is 0.0597 e. The van der Waals surface area contributed by atoms with Crippen LogP contribution in [0.4, 0.5) is 0 Å². The van der Waals surface area contributed by atoms with Crippen molar-refractivity contribution in [1.29, 1.82) is 0 Å². The van der Waals surface area contributed by atoms with Crippen LogP contribution in [0.25, 0.3) is 0 Å². The van der Waals surface area contributed by atoms with Gasteiger partial charge in [-0.3, -0.25) is 0 Å². The van der Waals surface area contributed by atoms with E-state index < -0.39 is 0 Å². The predicted molar refractivity (Wildman–Crippen MR) is 79.7 cm³/mol. The van der Waals surface area contributed by atoms with Crippen LogP contribution in [0.15, 0.2) is 11.4 Å². The topological polar surface area (TPSA) is 18.5 Å². The maximum atomic E-state index is 6.30. The Kier molecular flexibility index (Phi) is 5.04. The van der Waals surface area contributed by atoms with E-state index in [1.165, 1.54) is 17.8 Å². The van der Waals surface area contributed by atoms with E-state index >= 15 is 0 Å². The lowest BCUT2D eigenvalue weighted by atomic mass is 10.1. The molecule has 0 aliphatic carbocycles. The van der Waals surface area contributed by atoms with Crippen molar-refractivity contribution in [3.63, 3.8) is 0 Å². The third-order valence-electron chi connectivity index (χ3n) is 3.74. The number of nitrogens with one attached hydrogen (secondary N) is 1. The normalized spacial score (nSPS) is 25.0. The molecule has 2 unspecified atom stereocenters. The lowest BCUT2D eigenvalue weighted by molar-refractivity contribution is 0.184. The lowest BCUT2D eigenvalue weighted by Crippen LogP contribution is -2.46. The van der Waals surface area contributed by atoms with E-state index in [-0.39, 0.29) is 0 Å². The van der Waals surface area contributed by atoms with Gasteiger partial charge in [-0.15, -0.1) is 11.3 Å². The molecule has 1 aliphatic rings. The Morgan fingerprint density at radius 1 is 1.44 bits per heavy atom. The van der Waals surface area contributed by atoms with Crippen LogP contribution in [0, 0.1) is 0 Å². The molecular formula is C13H22ClN3S. The van der Waals surface area contributed by atoms with Gasteiger partial charge in [0.2, 0.25) is 0 Å². The molecule has 1 N–H and O–H groups in total. The zero-order chi connectivity index (χ0) is 13.1. The minimum atomic E-state index is 0.308. The van der Waals surface area contributed by atoms with E-state index in [0.29, 0.717) is 12.1 Å². The average Bonchev–Trinajstić information content (AvgIpc) is 2.67. The van der Waals surface area contributed by atoms with E-state index in [1.807, 2.05) is 13.1 Å². The van der Waals surface area contributed by atoms with Crippen molar-refractivity contribution in [2.75, 3.05) is 40.8 Å². The van der Waals surface area contributed by atoms with Gasteiger partial charge in [-0.05, 0) is 52.1 Å². The van der Waals surface area contributed by atoms with Gasteiger partial charge in [0.1, 0.15) is 0 Å². The summed E-state index contributed by atoms with van der Waals surface area (Å²) in [6, 6.07) is 2.77. The second-order valence-electron chi connectivity index (χ2n) is 5.06. The molecule has 1 aliphatic heterocycles. The number of nitrogens with zero attached hydrogens (tertiary/aromatic N) is 2. The Balaban J connectivity index is 2.22. The molecule has 2 heterocycles. The zero-order valence-corrected chi connectivity index (χ0v) is 12.9. The Morgan fingerprint density at radius 3 is 2.83 bits per heavy atom. The SMILES string of the molecule is CNC(c1sccc1Cl)C1CN(C)CCCN1C. The number of thiophene rings is 1. The van der Waals surface area contributed by atoms with Crippen molar-refractivity contribution in [3.8, 4) is 0 Å². The molecule has 0 saturated carbocycles. The van der Waals surface area contributed by atoms with Crippen molar-refractivity contribution in [3.05, 3.63) is 21.3 Å². The van der Waals surface area contributed by atoms with Crippen LogP contribution in [-0.2, 0) is 0 Å². The molecule has 5 heteroatoms. The van der Waals surface area contributed by atoms with Crippen molar-refractivity contribution >= 4 is 22.9 Å². The molecule has 102 valence electrons. The summed E-state index contributed by atoms with van der Waals surface area (Å²) in [6.07, 6.45) is 1.23. The van der Waals surface area contributed by atoms with Crippen LogP contribution in [0.2, 0.25) is 5.02 Å². The molecule has 18 heavy (non-hydrogen) atoms. The standard InChI is InChI=1S/C13H22ClN3S/c1-15-12(13-10(14)5-8-18-13)11-9-16(2)6-4-7-17(11)3/h5,8,11-12,15H,4,6-7,9H2,1-3H3. The highest BCUT2D eigenvalue weighted by molar-refractivity contribution is 7.10. The number of likely N-dealkylation sites (N-methyl/N-ethyl adjacent to an activating group) is 3. The Hall–Kier alpha value is -0.130. The van der Waals surface area contributed by atoms with E-state index in [9.17, 15) is 0 Å². The van der Waals surface area contributed by atoms with Crippen LogP contribution in [0.1, 0.15) is 17.3 Å². The van der Waals surface area contributed by atoms with Gasteiger partial charge in [0, 0.05) is 17.5 Å². The molecule has 1 aromatic rings. The second kappa shape index (κ2) is 6.35. The van der Waals surface area contributed by atoms with Crippen LogP contribution in [0.3, 0.4) is 0 Å². The van der Waals surface area contributed by atoms with Gasteiger partial charge in [0.25, 0.3) is 0 Å². The lowest BCUT2D eigenvalue weighted by Gasteiger charge is -2.34. The fourth-order valence-corrected chi connectivity index (χ4v) is 4.03. The molecule has 1 aromatic heterocycles. The quantitative estimate of drug-likeness (QED) is 0.920. The van der Waals surface area contributed by atoms with Gasteiger partial charge in [-0.25, -0.2) is 0 Å². The van der Waals surface area contributed by atoms with Gasteiger partial charge < -0.3 is 15.1 Å². The first kappa shape index (κ1) is 14.3. The number of halogens is 1. The van der Waals surface area contributed by atoms with Crippen molar-refractivity contribution in [2.45, 2.75) is 18.5 Å². The summed E-state index contributed by atoms with van der Waals surface area (Å²) >= 11 is 8.04. The first-order chi connectivity index (χ1) is 8.63. The number of hydrogen-bond acceptors (Lipinski definition) is 4. The van der Waals surface area contributed by atoms with Crippen LogP contribution in [0.5, 0.6) is 0 Å². The van der Waals surface area contributed by atoms with Crippen molar-refractivity contribution in [2.24, 2.45) is 0 Å². The smallest absolute Gasteiger partial charge is 0.0597 e. The van der Waals surface area contributed by atoms with Gasteiger partial charge in [0.05, 0.1) is 11.1 Å². The van der Waals surface area contributed by atoms with E-state index in [4.69, 9.17) is 11.6 Å². The third kappa shape index (κ3) is 3.06. The van der Waals surface area contributed by atoms with E-state index in [2.05, 4.69) is 34.6 Å². The fourth-order valence-electron chi connectivity index (χ4n) is 2.69. The molecule has 1 saturated heterocycles. The highest BCUT2D eigenvalue weighted by Crippen LogP contribution is 2.32. The maximum absolute atomic E-state index is 6.30. The summed E-state index contributed by atoms with van der Waals surface area (Å²) < 4.78 is 0. The monoisotopic (exact) mass is 287 g/mol. The fraction of sp³-hybridized carbons (Fsp3) is 0.692. The molecule has 2 rings (SSSR count). The predicted octanol–water partition coefficient (Wildman–Crippen LogP) is 2.30. The molecule has 0 amide bonds. The van der Waals surface area contributed by atoms with Crippen molar-refractivity contribution < 1.29 is 0 Å². The summed E-state index contributed by atoms with van der Waals surface area (Å²) in [7, 11) is 6.45.